The number of quaternary nitrogens is 1. The van der Waals surface area contributed by atoms with Gasteiger partial charge in [-0.2, -0.15) is 0 Å². The molecule has 0 bridgehead atoms. The average Bonchev–Trinajstić information content (AvgIpc) is 2.62. The SMILES string of the molecule is COc1ccc(N2CC[NH+](CC(=O)N3[C@H](C)CCC[C@H]3C)CC2)cc1. The Morgan fingerprint density at radius 2 is 1.72 bits per heavy atom. The molecule has 2 aliphatic rings. The molecule has 2 fully saturated rings. The molecule has 0 unspecified atom stereocenters. The number of hydrogen-bond donors (Lipinski definition) is 1. The standard InChI is InChI=1S/C20H31N3O2/c1-16-5-4-6-17(2)23(16)20(24)15-21-11-13-22(14-12-21)18-7-9-19(25-3)10-8-18/h7-10,16-17H,4-6,11-15H2,1-3H3/p+1/t16-,17-/m1/s1. The highest BCUT2D eigenvalue weighted by atomic mass is 16.5. The third kappa shape index (κ3) is 4.27. The molecule has 2 heterocycles. The van der Waals surface area contributed by atoms with Gasteiger partial charge in [0.1, 0.15) is 5.75 Å². The summed E-state index contributed by atoms with van der Waals surface area (Å²) in [4.78, 5) is 18.8. The van der Waals surface area contributed by atoms with Crippen molar-refractivity contribution in [3.05, 3.63) is 24.3 Å². The zero-order valence-electron chi connectivity index (χ0n) is 15.8. The smallest absolute Gasteiger partial charge is 0.278 e. The summed E-state index contributed by atoms with van der Waals surface area (Å²) < 4.78 is 5.23. The lowest BCUT2D eigenvalue weighted by atomic mass is 9.97. The number of ether oxygens (including phenoxy) is 1. The number of carbonyl (C=O) groups excluding carboxylic acids is 1. The van der Waals surface area contributed by atoms with E-state index in [9.17, 15) is 4.79 Å². The Morgan fingerprint density at radius 1 is 1.12 bits per heavy atom. The molecule has 3 rings (SSSR count). The number of anilines is 1. The molecular formula is C20H32N3O2+. The summed E-state index contributed by atoms with van der Waals surface area (Å²) in [5.41, 5.74) is 1.24. The van der Waals surface area contributed by atoms with E-state index in [1.165, 1.54) is 17.0 Å². The van der Waals surface area contributed by atoms with Gasteiger partial charge in [-0.3, -0.25) is 4.79 Å². The number of nitrogens with one attached hydrogen (secondary N) is 1. The highest BCUT2D eigenvalue weighted by molar-refractivity contribution is 5.77. The van der Waals surface area contributed by atoms with Crippen LogP contribution in [-0.4, -0.2) is 62.7 Å². The fourth-order valence-corrected chi connectivity index (χ4v) is 4.27. The summed E-state index contributed by atoms with van der Waals surface area (Å²) in [6.45, 7) is 9.09. The molecule has 1 aromatic carbocycles. The van der Waals surface area contributed by atoms with E-state index in [1.807, 2.05) is 12.1 Å². The fraction of sp³-hybridized carbons (Fsp3) is 0.650. The zero-order chi connectivity index (χ0) is 17.8. The molecule has 0 saturated carbocycles. The van der Waals surface area contributed by atoms with E-state index >= 15 is 0 Å². The lowest BCUT2D eigenvalue weighted by Crippen LogP contribution is -3.16. The maximum Gasteiger partial charge on any atom is 0.278 e. The second-order valence-corrected chi connectivity index (χ2v) is 7.54. The average molecular weight is 346 g/mol. The second kappa shape index (κ2) is 8.09. The Hall–Kier alpha value is -1.75. The number of piperazine rings is 1. The molecule has 1 N–H and O–H groups in total. The third-order valence-electron chi connectivity index (χ3n) is 5.79. The van der Waals surface area contributed by atoms with Crippen LogP contribution in [0.15, 0.2) is 24.3 Å². The van der Waals surface area contributed by atoms with Crippen molar-refractivity contribution in [2.24, 2.45) is 0 Å². The van der Waals surface area contributed by atoms with Crippen LogP contribution < -0.4 is 14.5 Å². The maximum absolute atomic E-state index is 12.8. The number of benzene rings is 1. The van der Waals surface area contributed by atoms with Crippen molar-refractivity contribution in [2.75, 3.05) is 44.7 Å². The number of rotatable bonds is 4. The molecule has 0 aromatic heterocycles. The van der Waals surface area contributed by atoms with Gasteiger partial charge in [-0.15, -0.1) is 0 Å². The van der Waals surface area contributed by atoms with Crippen molar-refractivity contribution in [3.63, 3.8) is 0 Å². The summed E-state index contributed by atoms with van der Waals surface area (Å²) >= 11 is 0. The van der Waals surface area contributed by atoms with Gasteiger partial charge in [-0.05, 0) is 57.4 Å². The minimum atomic E-state index is 0.340. The lowest BCUT2D eigenvalue weighted by Gasteiger charge is -2.40. The Morgan fingerprint density at radius 3 is 2.28 bits per heavy atom. The van der Waals surface area contributed by atoms with Crippen molar-refractivity contribution in [2.45, 2.75) is 45.2 Å². The molecular weight excluding hydrogens is 314 g/mol. The number of amides is 1. The molecule has 0 radical (unpaired) electrons. The van der Waals surface area contributed by atoms with Gasteiger partial charge in [0.25, 0.3) is 5.91 Å². The van der Waals surface area contributed by atoms with Gasteiger partial charge in [0.2, 0.25) is 0 Å². The molecule has 1 amide bonds. The molecule has 138 valence electrons. The molecule has 0 aliphatic carbocycles. The van der Waals surface area contributed by atoms with Gasteiger partial charge >= 0.3 is 0 Å². The summed E-state index contributed by atoms with van der Waals surface area (Å²) in [6, 6.07) is 9.06. The highest BCUT2D eigenvalue weighted by Gasteiger charge is 2.32. The monoisotopic (exact) mass is 346 g/mol. The van der Waals surface area contributed by atoms with Crippen LogP contribution in [0, 0.1) is 0 Å². The molecule has 1 aromatic rings. The number of nitrogens with zero attached hydrogens (tertiary/aromatic N) is 2. The first-order valence-electron chi connectivity index (χ1n) is 9.62. The van der Waals surface area contributed by atoms with E-state index in [2.05, 4.69) is 35.8 Å². The molecule has 5 nitrogen and oxygen atoms in total. The van der Waals surface area contributed by atoms with Crippen LogP contribution in [0.5, 0.6) is 5.75 Å². The second-order valence-electron chi connectivity index (χ2n) is 7.54. The van der Waals surface area contributed by atoms with Gasteiger partial charge in [-0.25, -0.2) is 0 Å². The first-order chi connectivity index (χ1) is 12.1. The quantitative estimate of drug-likeness (QED) is 0.890. The zero-order valence-corrected chi connectivity index (χ0v) is 15.8. The Bertz CT molecular complexity index is 557. The fourth-order valence-electron chi connectivity index (χ4n) is 4.27. The number of methoxy groups -OCH3 is 1. The minimum absolute atomic E-state index is 0.340. The van der Waals surface area contributed by atoms with Crippen molar-refractivity contribution in [1.82, 2.24) is 4.90 Å². The van der Waals surface area contributed by atoms with Crippen LogP contribution in [0.1, 0.15) is 33.1 Å². The summed E-state index contributed by atoms with van der Waals surface area (Å²) in [7, 11) is 1.69. The van der Waals surface area contributed by atoms with Gasteiger partial charge in [0, 0.05) is 17.8 Å². The molecule has 5 heteroatoms. The van der Waals surface area contributed by atoms with E-state index in [0.717, 1.165) is 44.8 Å². The van der Waals surface area contributed by atoms with Crippen LogP contribution in [0.3, 0.4) is 0 Å². The topological polar surface area (TPSA) is 37.2 Å². The molecule has 2 atom stereocenters. The first kappa shape index (κ1) is 18.1. The number of hydrogen-bond acceptors (Lipinski definition) is 3. The molecule has 0 spiro atoms. The van der Waals surface area contributed by atoms with Gasteiger partial charge in [0.05, 0.1) is 33.3 Å². The van der Waals surface area contributed by atoms with Crippen molar-refractivity contribution < 1.29 is 14.4 Å². The number of piperidine rings is 1. The predicted molar refractivity (Wildman–Crippen MR) is 100 cm³/mol. The van der Waals surface area contributed by atoms with Crippen LogP contribution in [0.25, 0.3) is 0 Å². The summed E-state index contributed by atoms with van der Waals surface area (Å²) in [5.74, 6) is 1.23. The Balaban J connectivity index is 1.51. The van der Waals surface area contributed by atoms with Crippen LogP contribution in [0.2, 0.25) is 0 Å². The van der Waals surface area contributed by atoms with Crippen molar-refractivity contribution >= 4 is 11.6 Å². The van der Waals surface area contributed by atoms with E-state index < -0.39 is 0 Å². The van der Waals surface area contributed by atoms with Gasteiger partial charge < -0.3 is 19.4 Å². The van der Waals surface area contributed by atoms with Crippen LogP contribution in [0.4, 0.5) is 5.69 Å². The number of likely N-dealkylation sites (tertiary alicyclic amines) is 1. The summed E-state index contributed by atoms with van der Waals surface area (Å²) in [6.07, 6.45) is 3.55. The van der Waals surface area contributed by atoms with Gasteiger partial charge in [0.15, 0.2) is 6.54 Å². The van der Waals surface area contributed by atoms with Crippen LogP contribution in [-0.2, 0) is 4.79 Å². The van der Waals surface area contributed by atoms with Gasteiger partial charge in [-0.1, -0.05) is 0 Å². The first-order valence-corrected chi connectivity index (χ1v) is 9.62. The molecule has 25 heavy (non-hydrogen) atoms. The summed E-state index contributed by atoms with van der Waals surface area (Å²) in [5, 5.41) is 0. The van der Waals surface area contributed by atoms with E-state index in [-0.39, 0.29) is 0 Å². The largest absolute Gasteiger partial charge is 0.497 e. The van der Waals surface area contributed by atoms with E-state index in [0.29, 0.717) is 24.5 Å². The van der Waals surface area contributed by atoms with E-state index in [4.69, 9.17) is 4.74 Å². The van der Waals surface area contributed by atoms with E-state index in [1.54, 1.807) is 7.11 Å². The lowest BCUT2D eigenvalue weighted by molar-refractivity contribution is -0.892. The predicted octanol–water partition coefficient (Wildman–Crippen LogP) is 1.19. The van der Waals surface area contributed by atoms with Crippen molar-refractivity contribution in [1.29, 1.82) is 0 Å². The highest BCUT2D eigenvalue weighted by Crippen LogP contribution is 2.22. The number of carbonyl (C=O) groups is 1. The normalized spacial score (nSPS) is 25.1. The molecule has 2 aliphatic heterocycles. The maximum atomic E-state index is 12.8. The van der Waals surface area contributed by atoms with Crippen LogP contribution >= 0.6 is 0 Å². The Labute approximate surface area is 151 Å². The van der Waals surface area contributed by atoms with Crippen molar-refractivity contribution in [3.8, 4) is 5.75 Å². The molecule has 2 saturated heterocycles. The Kier molecular flexibility index (Phi) is 5.84. The minimum Gasteiger partial charge on any atom is -0.497 e. The third-order valence-corrected chi connectivity index (χ3v) is 5.79.